The van der Waals surface area contributed by atoms with Crippen molar-refractivity contribution in [2.24, 2.45) is 14.1 Å². The highest BCUT2D eigenvalue weighted by atomic mass is 32.1. The van der Waals surface area contributed by atoms with E-state index in [1.165, 1.54) is 19.0 Å². The van der Waals surface area contributed by atoms with Crippen LogP contribution in [0.15, 0.2) is 27.1 Å². The third-order valence-corrected chi connectivity index (χ3v) is 5.54. The van der Waals surface area contributed by atoms with Gasteiger partial charge in [0.25, 0.3) is 5.56 Å². The molecule has 0 aromatic carbocycles. The van der Waals surface area contributed by atoms with Gasteiger partial charge in [0.15, 0.2) is 5.78 Å². The Labute approximate surface area is 142 Å². The van der Waals surface area contributed by atoms with Crippen LogP contribution >= 0.6 is 11.3 Å². The molecule has 2 aromatic heterocycles. The Morgan fingerprint density at radius 2 is 2.08 bits per heavy atom. The lowest BCUT2D eigenvalue weighted by molar-refractivity contribution is 0.0920. The molecule has 1 fully saturated rings. The Hall–Kier alpha value is -2.19. The summed E-state index contributed by atoms with van der Waals surface area (Å²) in [5, 5.41) is 2.02. The molecule has 1 atom stereocenters. The monoisotopic (exact) mass is 348 g/mol. The second-order valence-electron chi connectivity index (χ2n) is 6.03. The van der Waals surface area contributed by atoms with Gasteiger partial charge < -0.3 is 5.73 Å². The van der Waals surface area contributed by atoms with Crippen molar-refractivity contribution < 1.29 is 4.79 Å². The number of nitrogen functional groups attached to an aromatic ring is 1. The van der Waals surface area contributed by atoms with Crippen LogP contribution < -0.4 is 17.0 Å². The lowest BCUT2D eigenvalue weighted by Gasteiger charge is -2.23. The molecule has 3 rings (SSSR count). The van der Waals surface area contributed by atoms with Gasteiger partial charge in [0, 0.05) is 25.0 Å². The molecule has 0 amide bonds. The first-order valence-corrected chi connectivity index (χ1v) is 8.66. The van der Waals surface area contributed by atoms with Crippen molar-refractivity contribution in [2.45, 2.75) is 18.9 Å². The van der Waals surface area contributed by atoms with Crippen LogP contribution in [-0.2, 0) is 14.1 Å². The Balaban J connectivity index is 1.91. The molecule has 3 heterocycles. The van der Waals surface area contributed by atoms with Crippen molar-refractivity contribution in [3.63, 3.8) is 0 Å². The van der Waals surface area contributed by atoms with Crippen molar-refractivity contribution in [1.29, 1.82) is 0 Å². The first-order chi connectivity index (χ1) is 11.4. The summed E-state index contributed by atoms with van der Waals surface area (Å²) in [5.74, 6) is -0.410. The summed E-state index contributed by atoms with van der Waals surface area (Å²) in [7, 11) is 2.81. The highest BCUT2D eigenvalue weighted by molar-refractivity contribution is 7.10. The normalized spacial score (nSPS) is 18.2. The highest BCUT2D eigenvalue weighted by Crippen LogP contribution is 2.34. The molecule has 0 aliphatic carbocycles. The van der Waals surface area contributed by atoms with Gasteiger partial charge in [-0.05, 0) is 30.8 Å². The molecule has 7 nitrogen and oxygen atoms in total. The largest absolute Gasteiger partial charge is 0.384 e. The molecule has 8 heteroatoms. The number of nitrogens with zero attached hydrogens (tertiary/aromatic N) is 3. The molecule has 1 aliphatic heterocycles. The summed E-state index contributed by atoms with van der Waals surface area (Å²) in [4.78, 5) is 40.2. The predicted octanol–water partition coefficient (Wildman–Crippen LogP) is 0.747. The number of hydrogen-bond acceptors (Lipinski definition) is 6. The average molecular weight is 348 g/mol. The number of Topliss-reactive ketones (excluding diaryl/α,β-unsaturated/α-hetero) is 1. The zero-order chi connectivity index (χ0) is 17.4. The fraction of sp³-hybridized carbons (Fsp3) is 0.438. The topological polar surface area (TPSA) is 90.3 Å². The summed E-state index contributed by atoms with van der Waals surface area (Å²) in [6.07, 6.45) is 2.01. The van der Waals surface area contributed by atoms with Gasteiger partial charge in [0.2, 0.25) is 0 Å². The molecule has 1 unspecified atom stereocenters. The summed E-state index contributed by atoms with van der Waals surface area (Å²) < 4.78 is 2.06. The fourth-order valence-electron chi connectivity index (χ4n) is 3.20. The van der Waals surface area contributed by atoms with Gasteiger partial charge in [-0.25, -0.2) is 4.79 Å². The standard InChI is InChI=1S/C16H20N4O3S/c1-18-14(17)13(15(22)19(2)16(18)23)11(21)9-20-7-3-5-10(20)12-6-4-8-24-12/h4,6,8,10H,3,5,7,9,17H2,1-2H3. The van der Waals surface area contributed by atoms with Crippen LogP contribution in [0.25, 0.3) is 0 Å². The summed E-state index contributed by atoms with van der Waals surface area (Å²) >= 11 is 1.67. The minimum atomic E-state index is -0.632. The summed E-state index contributed by atoms with van der Waals surface area (Å²) in [6, 6.07) is 4.27. The Bertz CT molecular complexity index is 882. The number of likely N-dealkylation sites (tertiary alicyclic amines) is 1. The molecule has 0 bridgehead atoms. The summed E-state index contributed by atoms with van der Waals surface area (Å²) in [6.45, 7) is 0.931. The van der Waals surface area contributed by atoms with Crippen LogP contribution in [0, 0.1) is 0 Å². The predicted molar refractivity (Wildman–Crippen MR) is 93.5 cm³/mol. The maximum Gasteiger partial charge on any atom is 0.332 e. The molecule has 0 spiro atoms. The number of carbonyl (C=O) groups is 1. The van der Waals surface area contributed by atoms with Crippen LogP contribution in [0.5, 0.6) is 0 Å². The number of thiophene rings is 1. The van der Waals surface area contributed by atoms with Crippen molar-refractivity contribution in [3.05, 3.63) is 48.8 Å². The number of hydrogen-bond donors (Lipinski definition) is 1. The number of ketones is 1. The minimum Gasteiger partial charge on any atom is -0.384 e. The van der Waals surface area contributed by atoms with E-state index in [-0.39, 0.29) is 29.8 Å². The summed E-state index contributed by atoms with van der Waals surface area (Å²) in [5.41, 5.74) is 4.60. The van der Waals surface area contributed by atoms with E-state index in [2.05, 4.69) is 11.0 Å². The van der Waals surface area contributed by atoms with Crippen LogP contribution in [0.2, 0.25) is 0 Å². The molecule has 24 heavy (non-hydrogen) atoms. The van der Waals surface area contributed by atoms with Crippen molar-refractivity contribution in [3.8, 4) is 0 Å². The van der Waals surface area contributed by atoms with Crippen molar-refractivity contribution in [2.75, 3.05) is 18.8 Å². The van der Waals surface area contributed by atoms with E-state index in [4.69, 9.17) is 5.73 Å². The van der Waals surface area contributed by atoms with E-state index < -0.39 is 11.2 Å². The van der Waals surface area contributed by atoms with Gasteiger partial charge in [-0.3, -0.25) is 23.6 Å². The number of aromatic nitrogens is 2. The minimum absolute atomic E-state index is 0.0695. The maximum atomic E-state index is 12.7. The Morgan fingerprint density at radius 1 is 1.33 bits per heavy atom. The molecule has 2 aromatic rings. The number of anilines is 1. The molecule has 128 valence electrons. The van der Waals surface area contributed by atoms with E-state index in [0.29, 0.717) is 0 Å². The SMILES string of the molecule is Cn1c(N)c(C(=O)CN2CCCC2c2cccs2)c(=O)n(C)c1=O. The van der Waals surface area contributed by atoms with E-state index in [1.807, 2.05) is 11.4 Å². The zero-order valence-corrected chi connectivity index (χ0v) is 14.5. The first-order valence-electron chi connectivity index (χ1n) is 7.78. The molecular weight excluding hydrogens is 328 g/mol. The zero-order valence-electron chi connectivity index (χ0n) is 13.7. The number of carbonyl (C=O) groups excluding carboxylic acids is 1. The third kappa shape index (κ3) is 2.71. The first kappa shape index (κ1) is 16.7. The fourth-order valence-corrected chi connectivity index (χ4v) is 4.10. The van der Waals surface area contributed by atoms with Crippen LogP contribution in [0.3, 0.4) is 0 Å². The van der Waals surface area contributed by atoms with Crippen molar-refractivity contribution in [1.82, 2.24) is 14.0 Å². The smallest absolute Gasteiger partial charge is 0.332 e. The second kappa shape index (κ2) is 6.37. The lowest BCUT2D eigenvalue weighted by Crippen LogP contribution is -2.43. The number of rotatable bonds is 4. The van der Waals surface area contributed by atoms with Gasteiger partial charge in [0.05, 0.1) is 6.54 Å². The van der Waals surface area contributed by atoms with E-state index in [0.717, 1.165) is 28.5 Å². The highest BCUT2D eigenvalue weighted by Gasteiger charge is 2.30. The van der Waals surface area contributed by atoms with Crippen molar-refractivity contribution >= 4 is 22.9 Å². The Morgan fingerprint density at radius 3 is 2.75 bits per heavy atom. The molecule has 1 aliphatic rings. The lowest BCUT2D eigenvalue weighted by atomic mass is 10.1. The van der Waals surface area contributed by atoms with E-state index >= 15 is 0 Å². The molecule has 0 saturated carbocycles. The van der Waals surface area contributed by atoms with Gasteiger partial charge >= 0.3 is 5.69 Å². The number of nitrogens with two attached hydrogens (primary N) is 1. The van der Waals surface area contributed by atoms with Crippen LogP contribution in [-0.4, -0.2) is 32.9 Å². The molecular formula is C16H20N4O3S. The second-order valence-corrected chi connectivity index (χ2v) is 7.01. The molecule has 2 N–H and O–H groups in total. The third-order valence-electron chi connectivity index (χ3n) is 4.57. The quantitative estimate of drug-likeness (QED) is 0.824. The van der Waals surface area contributed by atoms with Crippen LogP contribution in [0.4, 0.5) is 5.82 Å². The van der Waals surface area contributed by atoms with E-state index in [9.17, 15) is 14.4 Å². The average Bonchev–Trinajstić information content (AvgIpc) is 3.22. The maximum absolute atomic E-state index is 12.7. The van der Waals surface area contributed by atoms with Crippen LogP contribution in [0.1, 0.15) is 34.1 Å². The molecule has 0 radical (unpaired) electrons. The van der Waals surface area contributed by atoms with Gasteiger partial charge in [0.1, 0.15) is 11.4 Å². The van der Waals surface area contributed by atoms with Gasteiger partial charge in [-0.15, -0.1) is 11.3 Å². The molecule has 1 saturated heterocycles. The van der Waals surface area contributed by atoms with E-state index in [1.54, 1.807) is 11.3 Å². The van der Waals surface area contributed by atoms with Gasteiger partial charge in [-0.2, -0.15) is 0 Å². The van der Waals surface area contributed by atoms with Gasteiger partial charge in [-0.1, -0.05) is 6.07 Å². The Kier molecular flexibility index (Phi) is 4.42.